The number of carbonyl (C=O) groups excluding carboxylic acids is 1. The minimum atomic E-state index is 0.0417. The largest absolute Gasteiger partial charge is 0.330 e. The molecule has 1 amide bonds. The second-order valence-corrected chi connectivity index (χ2v) is 2.82. The number of amides is 1. The molecule has 0 aromatic carbocycles. The fourth-order valence-corrected chi connectivity index (χ4v) is 1.22. The minimum absolute atomic E-state index is 0.0417. The van der Waals surface area contributed by atoms with E-state index >= 15 is 0 Å². The molecule has 0 saturated heterocycles. The molecule has 0 saturated carbocycles. The van der Waals surface area contributed by atoms with Crippen molar-refractivity contribution in [2.45, 2.75) is 26.7 Å². The summed E-state index contributed by atoms with van der Waals surface area (Å²) in [7, 11) is 0. The van der Waals surface area contributed by atoms with Crippen LogP contribution in [0, 0.1) is 5.92 Å². The van der Waals surface area contributed by atoms with Gasteiger partial charge < -0.3 is 5.32 Å². The van der Waals surface area contributed by atoms with Crippen molar-refractivity contribution in [2.75, 3.05) is 0 Å². The van der Waals surface area contributed by atoms with E-state index in [4.69, 9.17) is 0 Å². The number of nitrogens with one attached hydrogen (secondary N) is 1. The van der Waals surface area contributed by atoms with Crippen LogP contribution in [0.3, 0.4) is 0 Å². The van der Waals surface area contributed by atoms with Gasteiger partial charge in [0.25, 0.3) is 0 Å². The number of rotatable bonds is 1. The van der Waals surface area contributed by atoms with Gasteiger partial charge in [0.05, 0.1) is 0 Å². The molecule has 10 heavy (non-hydrogen) atoms. The van der Waals surface area contributed by atoms with Crippen LogP contribution in [0.2, 0.25) is 0 Å². The Labute approximate surface area is 61.3 Å². The Bertz CT molecular complexity index is 172. The lowest BCUT2D eigenvalue weighted by atomic mass is 10.1. The van der Waals surface area contributed by atoms with Gasteiger partial charge in [-0.1, -0.05) is 13.0 Å². The van der Waals surface area contributed by atoms with Crippen molar-refractivity contribution in [3.8, 4) is 0 Å². The molecule has 56 valence electrons. The first-order valence-electron chi connectivity index (χ1n) is 3.68. The van der Waals surface area contributed by atoms with E-state index < -0.39 is 0 Å². The first-order chi connectivity index (χ1) is 4.70. The Hall–Kier alpha value is -0.790. The summed E-state index contributed by atoms with van der Waals surface area (Å²) < 4.78 is 0. The van der Waals surface area contributed by atoms with Crippen LogP contribution in [0.1, 0.15) is 26.7 Å². The lowest BCUT2D eigenvalue weighted by Gasteiger charge is -2.08. The SMILES string of the molecule is CC(=O)NC1=CCCC1C. The van der Waals surface area contributed by atoms with Gasteiger partial charge >= 0.3 is 0 Å². The molecule has 1 atom stereocenters. The average Bonchev–Trinajstić information content (AvgIpc) is 2.15. The van der Waals surface area contributed by atoms with Gasteiger partial charge in [-0.15, -0.1) is 0 Å². The molecule has 0 radical (unpaired) electrons. The smallest absolute Gasteiger partial charge is 0.220 e. The standard InChI is InChI=1S/C8H13NO/c1-6-4-3-5-8(6)9-7(2)10/h5-6H,3-4H2,1-2H3,(H,9,10). The maximum absolute atomic E-state index is 10.6. The Balaban J connectivity index is 2.47. The van der Waals surface area contributed by atoms with E-state index in [9.17, 15) is 4.79 Å². The Morgan fingerprint density at radius 2 is 2.50 bits per heavy atom. The topological polar surface area (TPSA) is 29.1 Å². The minimum Gasteiger partial charge on any atom is -0.330 e. The van der Waals surface area contributed by atoms with Crippen molar-refractivity contribution in [1.82, 2.24) is 5.32 Å². The highest BCUT2D eigenvalue weighted by Gasteiger charge is 2.14. The van der Waals surface area contributed by atoms with Crippen LogP contribution in [-0.2, 0) is 4.79 Å². The maximum Gasteiger partial charge on any atom is 0.220 e. The lowest BCUT2D eigenvalue weighted by Crippen LogP contribution is -2.21. The van der Waals surface area contributed by atoms with E-state index in [-0.39, 0.29) is 5.91 Å². The van der Waals surface area contributed by atoms with Gasteiger partial charge in [-0.3, -0.25) is 4.79 Å². The van der Waals surface area contributed by atoms with E-state index in [2.05, 4.69) is 18.3 Å². The summed E-state index contributed by atoms with van der Waals surface area (Å²) in [4.78, 5) is 10.6. The molecular formula is C8H13NO. The molecule has 2 nitrogen and oxygen atoms in total. The van der Waals surface area contributed by atoms with E-state index in [0.717, 1.165) is 12.1 Å². The van der Waals surface area contributed by atoms with E-state index in [1.807, 2.05) is 0 Å². The van der Waals surface area contributed by atoms with E-state index in [1.165, 1.54) is 6.42 Å². The summed E-state index contributed by atoms with van der Waals surface area (Å²) in [6.07, 6.45) is 4.39. The van der Waals surface area contributed by atoms with Gasteiger partial charge in [-0.25, -0.2) is 0 Å². The van der Waals surface area contributed by atoms with Crippen LogP contribution in [0.5, 0.6) is 0 Å². The highest BCUT2D eigenvalue weighted by molar-refractivity contribution is 5.75. The summed E-state index contributed by atoms with van der Waals surface area (Å²) in [6, 6.07) is 0. The highest BCUT2D eigenvalue weighted by Crippen LogP contribution is 2.22. The molecule has 1 aliphatic rings. The third-order valence-electron chi connectivity index (χ3n) is 1.82. The first-order valence-corrected chi connectivity index (χ1v) is 3.68. The molecule has 2 heteroatoms. The number of allylic oxidation sites excluding steroid dienone is 2. The molecule has 0 fully saturated rings. The summed E-state index contributed by atoms with van der Waals surface area (Å²) in [5, 5.41) is 2.81. The maximum atomic E-state index is 10.6. The van der Waals surface area contributed by atoms with Crippen molar-refractivity contribution >= 4 is 5.91 Å². The molecule has 1 aliphatic carbocycles. The molecule has 0 aromatic heterocycles. The van der Waals surface area contributed by atoms with Gasteiger partial charge in [-0.05, 0) is 18.8 Å². The molecule has 0 spiro atoms. The second kappa shape index (κ2) is 2.86. The molecule has 1 N–H and O–H groups in total. The van der Waals surface area contributed by atoms with Crippen LogP contribution < -0.4 is 5.32 Å². The summed E-state index contributed by atoms with van der Waals surface area (Å²) in [5.41, 5.74) is 1.10. The van der Waals surface area contributed by atoms with Gasteiger partial charge in [-0.2, -0.15) is 0 Å². The third kappa shape index (κ3) is 1.59. The first kappa shape index (κ1) is 7.32. The van der Waals surface area contributed by atoms with Crippen molar-refractivity contribution in [3.63, 3.8) is 0 Å². The fourth-order valence-electron chi connectivity index (χ4n) is 1.22. The number of hydrogen-bond donors (Lipinski definition) is 1. The zero-order chi connectivity index (χ0) is 7.56. The Morgan fingerprint density at radius 3 is 2.90 bits per heavy atom. The summed E-state index contributed by atoms with van der Waals surface area (Å²) in [5.74, 6) is 0.587. The molecule has 0 aliphatic heterocycles. The van der Waals surface area contributed by atoms with Gasteiger partial charge in [0, 0.05) is 12.6 Å². The molecule has 0 heterocycles. The normalized spacial score (nSPS) is 24.2. The molecule has 1 rings (SSSR count). The van der Waals surface area contributed by atoms with Crippen LogP contribution in [0.25, 0.3) is 0 Å². The average molecular weight is 139 g/mol. The van der Waals surface area contributed by atoms with Gasteiger partial charge in [0.15, 0.2) is 0 Å². The fraction of sp³-hybridized carbons (Fsp3) is 0.625. The van der Waals surface area contributed by atoms with E-state index in [0.29, 0.717) is 5.92 Å². The highest BCUT2D eigenvalue weighted by atomic mass is 16.1. The van der Waals surface area contributed by atoms with Crippen molar-refractivity contribution in [1.29, 1.82) is 0 Å². The van der Waals surface area contributed by atoms with Crippen molar-refractivity contribution in [3.05, 3.63) is 11.8 Å². The monoisotopic (exact) mass is 139 g/mol. The third-order valence-corrected chi connectivity index (χ3v) is 1.82. The van der Waals surface area contributed by atoms with Crippen LogP contribution >= 0.6 is 0 Å². The summed E-state index contributed by atoms with van der Waals surface area (Å²) in [6.45, 7) is 3.68. The van der Waals surface area contributed by atoms with Gasteiger partial charge in [0.1, 0.15) is 0 Å². The number of carbonyl (C=O) groups is 1. The van der Waals surface area contributed by atoms with Crippen molar-refractivity contribution in [2.24, 2.45) is 5.92 Å². The second-order valence-electron chi connectivity index (χ2n) is 2.82. The molecule has 1 unspecified atom stereocenters. The summed E-state index contributed by atoms with van der Waals surface area (Å²) >= 11 is 0. The van der Waals surface area contributed by atoms with E-state index in [1.54, 1.807) is 6.92 Å². The Morgan fingerprint density at radius 1 is 1.80 bits per heavy atom. The predicted octanol–water partition coefficient (Wildman–Crippen LogP) is 1.44. The predicted molar refractivity (Wildman–Crippen MR) is 40.3 cm³/mol. The van der Waals surface area contributed by atoms with Crippen LogP contribution in [0.4, 0.5) is 0 Å². The quantitative estimate of drug-likeness (QED) is 0.585. The molecule has 0 aromatic rings. The zero-order valence-electron chi connectivity index (χ0n) is 6.48. The van der Waals surface area contributed by atoms with Crippen molar-refractivity contribution < 1.29 is 4.79 Å². The van der Waals surface area contributed by atoms with Gasteiger partial charge in [0.2, 0.25) is 5.91 Å². The molecule has 0 bridgehead atoms. The zero-order valence-corrected chi connectivity index (χ0v) is 6.48. The van der Waals surface area contributed by atoms with Crippen LogP contribution in [-0.4, -0.2) is 5.91 Å². The lowest BCUT2D eigenvalue weighted by molar-refractivity contribution is -0.118. The Kier molecular flexibility index (Phi) is 2.10. The van der Waals surface area contributed by atoms with Crippen LogP contribution in [0.15, 0.2) is 11.8 Å². The molecular weight excluding hydrogens is 126 g/mol. The number of hydrogen-bond acceptors (Lipinski definition) is 1.